The van der Waals surface area contributed by atoms with Gasteiger partial charge in [0, 0.05) is 20.9 Å². The van der Waals surface area contributed by atoms with E-state index < -0.39 is 0 Å². The Morgan fingerprint density at radius 3 is 2.52 bits per heavy atom. The summed E-state index contributed by atoms with van der Waals surface area (Å²) in [6.07, 6.45) is 0. The van der Waals surface area contributed by atoms with Gasteiger partial charge in [-0.3, -0.25) is 4.79 Å². The zero-order valence-corrected chi connectivity index (χ0v) is 16.5. The highest BCUT2D eigenvalue weighted by Crippen LogP contribution is 2.19. The zero-order valence-electron chi connectivity index (χ0n) is 14.1. The van der Waals surface area contributed by atoms with E-state index in [-0.39, 0.29) is 11.9 Å². The summed E-state index contributed by atoms with van der Waals surface area (Å²) in [5.74, 6) is 0.0635. The number of piperazine rings is 1. The summed E-state index contributed by atoms with van der Waals surface area (Å²) in [5.41, 5.74) is 1.98. The molecule has 4 nitrogen and oxygen atoms in total. The number of hydrogen-bond donors (Lipinski definition) is 2. The van der Waals surface area contributed by atoms with Crippen LogP contribution in [0.25, 0.3) is 0 Å². The van der Waals surface area contributed by atoms with E-state index in [2.05, 4.69) is 32.2 Å². The van der Waals surface area contributed by atoms with E-state index in [1.165, 1.54) is 4.90 Å². The molecule has 1 fully saturated rings. The summed E-state index contributed by atoms with van der Waals surface area (Å²) in [6, 6.07) is 15.5. The van der Waals surface area contributed by atoms with Gasteiger partial charge in [-0.25, -0.2) is 0 Å². The van der Waals surface area contributed by atoms with Crippen molar-refractivity contribution in [1.82, 2.24) is 0 Å². The second-order valence-corrected chi connectivity index (χ2v) is 7.70. The minimum atomic E-state index is -0.0786. The molecule has 0 saturated carbocycles. The molecule has 1 atom stereocenters. The Morgan fingerprint density at radius 2 is 1.88 bits per heavy atom. The second kappa shape index (κ2) is 8.21. The molecule has 0 bridgehead atoms. The molecule has 1 aliphatic heterocycles. The topological polar surface area (TPSA) is 36.8 Å². The highest BCUT2D eigenvalue weighted by Gasteiger charge is 2.29. The first-order valence-corrected chi connectivity index (χ1v) is 9.61. The maximum absolute atomic E-state index is 12.5. The number of benzene rings is 2. The molecule has 132 valence electrons. The van der Waals surface area contributed by atoms with E-state index in [4.69, 9.17) is 11.6 Å². The Morgan fingerprint density at radius 1 is 1.20 bits per heavy atom. The number of rotatable bonds is 4. The van der Waals surface area contributed by atoms with Crippen LogP contribution in [-0.2, 0) is 4.79 Å². The lowest BCUT2D eigenvalue weighted by Crippen LogP contribution is -3.19. The lowest BCUT2D eigenvalue weighted by Gasteiger charge is -2.36. The monoisotopic (exact) mass is 422 g/mol. The molecule has 0 aliphatic carbocycles. The Hall–Kier alpha value is -1.56. The van der Waals surface area contributed by atoms with E-state index >= 15 is 0 Å². The summed E-state index contributed by atoms with van der Waals surface area (Å²) < 4.78 is 1.00. The first-order valence-electron chi connectivity index (χ1n) is 8.44. The number of anilines is 2. The number of halogens is 2. The molecule has 2 aromatic rings. The minimum absolute atomic E-state index is 0.0635. The molecule has 2 N–H and O–H groups in total. The van der Waals surface area contributed by atoms with Crippen LogP contribution < -0.4 is 15.1 Å². The Kier molecular flexibility index (Phi) is 5.99. The molecular weight excluding hydrogens is 402 g/mol. The number of amides is 1. The van der Waals surface area contributed by atoms with E-state index in [1.54, 1.807) is 0 Å². The molecule has 6 heteroatoms. The van der Waals surface area contributed by atoms with Gasteiger partial charge in [-0.1, -0.05) is 33.6 Å². The fraction of sp³-hybridized carbons (Fsp3) is 0.316. The van der Waals surface area contributed by atoms with Crippen molar-refractivity contribution in [2.75, 3.05) is 36.4 Å². The summed E-state index contributed by atoms with van der Waals surface area (Å²) >= 11 is 9.49. The molecule has 0 aromatic heterocycles. The van der Waals surface area contributed by atoms with Crippen molar-refractivity contribution < 1.29 is 9.69 Å². The van der Waals surface area contributed by atoms with Crippen molar-refractivity contribution in [1.29, 1.82) is 0 Å². The van der Waals surface area contributed by atoms with Crippen molar-refractivity contribution in [3.8, 4) is 0 Å². The third-order valence-electron chi connectivity index (χ3n) is 4.70. The number of carbonyl (C=O) groups excluding carboxylic acids is 1. The van der Waals surface area contributed by atoms with Crippen LogP contribution in [0.5, 0.6) is 0 Å². The molecule has 1 heterocycles. The van der Waals surface area contributed by atoms with Crippen LogP contribution in [0.1, 0.15) is 6.92 Å². The average Bonchev–Trinajstić information content (AvgIpc) is 2.63. The first kappa shape index (κ1) is 18.2. The van der Waals surface area contributed by atoms with Gasteiger partial charge >= 0.3 is 0 Å². The van der Waals surface area contributed by atoms with Crippen molar-refractivity contribution in [3.63, 3.8) is 0 Å². The quantitative estimate of drug-likeness (QED) is 0.793. The summed E-state index contributed by atoms with van der Waals surface area (Å²) in [7, 11) is 0. The fourth-order valence-electron chi connectivity index (χ4n) is 3.13. The third kappa shape index (κ3) is 4.75. The second-order valence-electron chi connectivity index (χ2n) is 6.34. The summed E-state index contributed by atoms with van der Waals surface area (Å²) in [5, 5.41) is 3.76. The predicted octanol–water partition coefficient (Wildman–Crippen LogP) is 2.83. The number of carbonyl (C=O) groups is 1. The number of quaternary nitrogens is 1. The van der Waals surface area contributed by atoms with E-state index in [0.717, 1.165) is 47.0 Å². The molecule has 2 aromatic carbocycles. The highest BCUT2D eigenvalue weighted by molar-refractivity contribution is 9.10. The number of nitrogens with zero attached hydrogens (tertiary/aromatic N) is 1. The number of nitrogens with one attached hydrogen (secondary N) is 2. The largest absolute Gasteiger partial charge is 0.360 e. The van der Waals surface area contributed by atoms with Gasteiger partial charge in [-0.15, -0.1) is 0 Å². The van der Waals surface area contributed by atoms with Crippen molar-refractivity contribution in [3.05, 3.63) is 58.0 Å². The normalized spacial score (nSPS) is 16.5. The van der Waals surface area contributed by atoms with Crippen molar-refractivity contribution in [2.24, 2.45) is 0 Å². The van der Waals surface area contributed by atoms with Crippen LogP contribution in [0, 0.1) is 0 Å². The first-order chi connectivity index (χ1) is 12.0. The molecule has 25 heavy (non-hydrogen) atoms. The molecule has 1 aliphatic rings. The predicted molar refractivity (Wildman–Crippen MR) is 107 cm³/mol. The van der Waals surface area contributed by atoms with E-state index in [1.807, 2.05) is 49.4 Å². The van der Waals surface area contributed by atoms with Crippen LogP contribution in [0.3, 0.4) is 0 Å². The van der Waals surface area contributed by atoms with Gasteiger partial charge in [0.2, 0.25) is 0 Å². The van der Waals surface area contributed by atoms with Crippen molar-refractivity contribution in [2.45, 2.75) is 13.0 Å². The lowest BCUT2D eigenvalue weighted by atomic mass is 10.2. The Labute approximate surface area is 161 Å². The van der Waals surface area contributed by atoms with Crippen LogP contribution in [0.4, 0.5) is 11.4 Å². The molecular formula is C19H22BrClN3O+. The molecule has 0 radical (unpaired) electrons. The number of hydrogen-bond acceptors (Lipinski definition) is 2. The highest BCUT2D eigenvalue weighted by atomic mass is 79.9. The maximum Gasteiger partial charge on any atom is 0.282 e. The maximum atomic E-state index is 12.5. The van der Waals surface area contributed by atoms with Gasteiger partial charge in [0.05, 0.1) is 26.2 Å². The SMILES string of the molecule is C[C@H](C(=O)Nc1ccc(Br)cc1)[NH+]1CCN(c2cccc(Cl)c2)CC1. The zero-order chi connectivity index (χ0) is 17.8. The van der Waals surface area contributed by atoms with Gasteiger partial charge < -0.3 is 15.1 Å². The van der Waals surface area contributed by atoms with E-state index in [0.29, 0.717) is 0 Å². The van der Waals surface area contributed by atoms with Crippen molar-refractivity contribution >= 4 is 44.8 Å². The molecule has 0 unspecified atom stereocenters. The average molecular weight is 424 g/mol. The Balaban J connectivity index is 1.54. The third-order valence-corrected chi connectivity index (χ3v) is 5.46. The standard InChI is InChI=1S/C19H21BrClN3O/c1-14(19(25)22-17-7-5-15(20)6-8-17)23-9-11-24(12-10-23)18-4-2-3-16(21)13-18/h2-8,13-14H,9-12H2,1H3,(H,22,25)/p+1/t14-/m1/s1. The lowest BCUT2D eigenvalue weighted by molar-refractivity contribution is -0.914. The molecule has 0 spiro atoms. The van der Waals surface area contributed by atoms with Crippen LogP contribution in [0.2, 0.25) is 5.02 Å². The molecule has 3 rings (SSSR count). The minimum Gasteiger partial charge on any atom is -0.360 e. The van der Waals surface area contributed by atoms with Gasteiger partial charge in [0.25, 0.3) is 5.91 Å². The summed E-state index contributed by atoms with van der Waals surface area (Å²) in [6.45, 7) is 5.71. The van der Waals surface area contributed by atoms with Gasteiger partial charge in [0.15, 0.2) is 6.04 Å². The van der Waals surface area contributed by atoms with Gasteiger partial charge in [0.1, 0.15) is 0 Å². The molecule has 1 saturated heterocycles. The van der Waals surface area contributed by atoms with Gasteiger partial charge in [-0.05, 0) is 49.4 Å². The van der Waals surface area contributed by atoms with Crippen LogP contribution >= 0.6 is 27.5 Å². The summed E-state index contributed by atoms with van der Waals surface area (Å²) in [4.78, 5) is 16.2. The Bertz CT molecular complexity index is 730. The van der Waals surface area contributed by atoms with Crippen LogP contribution in [0.15, 0.2) is 53.0 Å². The van der Waals surface area contributed by atoms with E-state index in [9.17, 15) is 4.79 Å². The smallest absolute Gasteiger partial charge is 0.282 e. The fourth-order valence-corrected chi connectivity index (χ4v) is 3.58. The van der Waals surface area contributed by atoms with Crippen LogP contribution in [-0.4, -0.2) is 38.1 Å². The molecule has 1 amide bonds. The van der Waals surface area contributed by atoms with Gasteiger partial charge in [-0.2, -0.15) is 0 Å².